The van der Waals surface area contributed by atoms with Crippen LogP contribution >= 0.6 is 0 Å². The van der Waals surface area contributed by atoms with Gasteiger partial charge in [0.1, 0.15) is 5.56 Å². The van der Waals surface area contributed by atoms with E-state index >= 15 is 0 Å². The molecular weight excluding hydrogens is 298 g/mol. The van der Waals surface area contributed by atoms with Gasteiger partial charge in [0.15, 0.2) is 0 Å². The second kappa shape index (κ2) is 5.68. The van der Waals surface area contributed by atoms with Crippen molar-refractivity contribution in [3.63, 3.8) is 0 Å². The van der Waals surface area contributed by atoms with Crippen molar-refractivity contribution >= 4 is 17.8 Å². The van der Waals surface area contributed by atoms with Crippen LogP contribution in [0.1, 0.15) is 50.6 Å². The van der Waals surface area contributed by atoms with Crippen molar-refractivity contribution in [2.24, 2.45) is 0 Å². The number of hydroxylamine groups is 2. The van der Waals surface area contributed by atoms with Gasteiger partial charge in [0, 0.05) is 6.54 Å². The Morgan fingerprint density at radius 1 is 1.13 bits per heavy atom. The highest BCUT2D eigenvalue weighted by Crippen LogP contribution is 2.23. The number of imide groups is 1. The Bertz CT molecular complexity index is 774. The molecule has 2 heterocycles. The van der Waals surface area contributed by atoms with Crippen LogP contribution in [0, 0.1) is 0 Å². The molecule has 118 valence electrons. The molecular formula is C16H15N3O4. The maximum absolute atomic E-state index is 12.3. The summed E-state index contributed by atoms with van der Waals surface area (Å²) in [5.41, 5.74) is 1.41. The van der Waals surface area contributed by atoms with Crippen LogP contribution < -0.4 is 0 Å². The molecule has 0 fully saturated rings. The third-order valence-corrected chi connectivity index (χ3v) is 3.73. The molecule has 0 saturated heterocycles. The van der Waals surface area contributed by atoms with Gasteiger partial charge in [0.25, 0.3) is 11.8 Å². The first kappa shape index (κ1) is 15.0. The van der Waals surface area contributed by atoms with E-state index in [9.17, 15) is 14.4 Å². The molecule has 0 unspecified atom stereocenters. The molecule has 0 aliphatic carbocycles. The number of hydrogen-bond donors (Lipinski definition) is 0. The van der Waals surface area contributed by atoms with E-state index in [1.165, 1.54) is 18.3 Å². The van der Waals surface area contributed by atoms with Gasteiger partial charge in [0.2, 0.25) is 0 Å². The van der Waals surface area contributed by atoms with E-state index in [4.69, 9.17) is 4.84 Å². The van der Waals surface area contributed by atoms with E-state index in [1.54, 1.807) is 16.8 Å². The number of aromatic nitrogens is 2. The summed E-state index contributed by atoms with van der Waals surface area (Å²) in [6, 6.07) is 6.34. The zero-order chi connectivity index (χ0) is 16.6. The largest absolute Gasteiger partial charge is 0.367 e. The number of amides is 2. The maximum atomic E-state index is 12.3. The molecule has 1 aromatic heterocycles. The van der Waals surface area contributed by atoms with Crippen molar-refractivity contribution in [1.82, 2.24) is 14.8 Å². The summed E-state index contributed by atoms with van der Waals surface area (Å²) >= 11 is 0. The van der Waals surface area contributed by atoms with Crippen molar-refractivity contribution in [2.45, 2.75) is 26.8 Å². The van der Waals surface area contributed by atoms with Crippen LogP contribution in [0.4, 0.5) is 0 Å². The molecule has 7 nitrogen and oxygen atoms in total. The first-order chi connectivity index (χ1) is 11.1. The molecule has 1 aromatic carbocycles. The minimum Gasteiger partial charge on any atom is -0.324 e. The number of rotatable bonds is 4. The molecule has 0 saturated carbocycles. The first-order valence-electron chi connectivity index (χ1n) is 7.33. The lowest BCUT2D eigenvalue weighted by molar-refractivity contribution is -0.0585. The van der Waals surface area contributed by atoms with Crippen LogP contribution in [-0.4, -0.2) is 32.6 Å². The van der Waals surface area contributed by atoms with Gasteiger partial charge in [-0.25, -0.2) is 4.79 Å². The third kappa shape index (κ3) is 2.30. The van der Waals surface area contributed by atoms with Gasteiger partial charge in [-0.3, -0.25) is 14.3 Å². The molecule has 1 aliphatic rings. The van der Waals surface area contributed by atoms with Crippen LogP contribution in [0.2, 0.25) is 0 Å². The fourth-order valence-electron chi connectivity index (χ4n) is 2.61. The van der Waals surface area contributed by atoms with E-state index in [1.807, 2.05) is 13.8 Å². The van der Waals surface area contributed by atoms with Gasteiger partial charge in [-0.1, -0.05) is 24.1 Å². The Hall–Kier alpha value is -2.96. The van der Waals surface area contributed by atoms with Crippen molar-refractivity contribution in [1.29, 1.82) is 0 Å². The topological polar surface area (TPSA) is 81.5 Å². The molecule has 0 spiro atoms. The fourth-order valence-corrected chi connectivity index (χ4v) is 2.61. The molecule has 2 aromatic rings. The van der Waals surface area contributed by atoms with Gasteiger partial charge in [-0.2, -0.15) is 5.10 Å². The molecule has 0 bridgehead atoms. The third-order valence-electron chi connectivity index (χ3n) is 3.73. The van der Waals surface area contributed by atoms with E-state index in [0.29, 0.717) is 23.7 Å². The number of carbonyl (C=O) groups excluding carboxylic acids is 3. The summed E-state index contributed by atoms with van der Waals surface area (Å²) in [6.07, 6.45) is 1.98. The number of fused-ring (bicyclic) bond motifs is 1. The van der Waals surface area contributed by atoms with Crippen LogP contribution in [0.15, 0.2) is 30.5 Å². The summed E-state index contributed by atoms with van der Waals surface area (Å²) in [4.78, 5) is 41.8. The minimum atomic E-state index is -0.768. The van der Waals surface area contributed by atoms with E-state index in [0.717, 1.165) is 0 Å². The smallest absolute Gasteiger partial charge is 0.324 e. The Kier molecular flexibility index (Phi) is 3.69. The standard InChI is InChI=1S/C16H15N3O4/c1-3-13-12(9-17-18(13)4-2)16(22)23-19-14(20)10-7-5-6-8-11(10)15(19)21/h5-9H,3-4H2,1-2H3. The molecule has 0 N–H and O–H groups in total. The lowest BCUT2D eigenvalue weighted by atomic mass is 10.1. The highest BCUT2D eigenvalue weighted by Gasteiger charge is 2.39. The van der Waals surface area contributed by atoms with Crippen molar-refractivity contribution < 1.29 is 19.2 Å². The molecule has 2 amide bonds. The number of aryl methyl sites for hydroxylation is 1. The van der Waals surface area contributed by atoms with Crippen molar-refractivity contribution in [2.75, 3.05) is 0 Å². The fraction of sp³-hybridized carbons (Fsp3) is 0.250. The Balaban J connectivity index is 1.86. The van der Waals surface area contributed by atoms with Crippen molar-refractivity contribution in [3.05, 3.63) is 52.8 Å². The number of carbonyl (C=O) groups is 3. The highest BCUT2D eigenvalue weighted by molar-refractivity contribution is 6.21. The van der Waals surface area contributed by atoms with E-state index in [-0.39, 0.29) is 16.7 Å². The Morgan fingerprint density at radius 2 is 1.74 bits per heavy atom. The quantitative estimate of drug-likeness (QED) is 0.804. The number of hydrogen-bond acceptors (Lipinski definition) is 5. The van der Waals surface area contributed by atoms with E-state index in [2.05, 4.69) is 5.10 Å². The average molecular weight is 313 g/mol. The zero-order valence-electron chi connectivity index (χ0n) is 12.8. The highest BCUT2D eigenvalue weighted by atomic mass is 16.7. The summed E-state index contributed by atoms with van der Waals surface area (Å²) in [5, 5.41) is 4.62. The summed E-state index contributed by atoms with van der Waals surface area (Å²) in [7, 11) is 0. The first-order valence-corrected chi connectivity index (χ1v) is 7.33. The van der Waals surface area contributed by atoms with Crippen LogP contribution in [0.5, 0.6) is 0 Å². The lowest BCUT2D eigenvalue weighted by Crippen LogP contribution is -2.32. The predicted molar refractivity (Wildman–Crippen MR) is 79.6 cm³/mol. The molecule has 0 atom stereocenters. The summed E-state index contributed by atoms with van der Waals surface area (Å²) in [5.74, 6) is -2.05. The monoisotopic (exact) mass is 313 g/mol. The van der Waals surface area contributed by atoms with Gasteiger partial charge < -0.3 is 4.84 Å². The second-order valence-electron chi connectivity index (χ2n) is 5.00. The van der Waals surface area contributed by atoms with Gasteiger partial charge in [-0.15, -0.1) is 0 Å². The van der Waals surface area contributed by atoms with Gasteiger partial charge in [-0.05, 0) is 25.5 Å². The van der Waals surface area contributed by atoms with Gasteiger partial charge >= 0.3 is 5.97 Å². The SMILES string of the molecule is CCc1c(C(=O)ON2C(=O)c3ccccc3C2=O)cnn1CC. The summed E-state index contributed by atoms with van der Waals surface area (Å²) < 4.78 is 1.68. The summed E-state index contributed by atoms with van der Waals surface area (Å²) in [6.45, 7) is 4.41. The maximum Gasteiger partial charge on any atom is 0.367 e. The van der Waals surface area contributed by atoms with Crippen LogP contribution in [-0.2, 0) is 17.8 Å². The van der Waals surface area contributed by atoms with Crippen molar-refractivity contribution in [3.8, 4) is 0 Å². The average Bonchev–Trinajstić information content (AvgIpc) is 3.10. The molecule has 23 heavy (non-hydrogen) atoms. The number of benzene rings is 1. The van der Waals surface area contributed by atoms with Gasteiger partial charge in [0.05, 0.1) is 23.0 Å². The normalized spacial score (nSPS) is 13.4. The van der Waals surface area contributed by atoms with Crippen LogP contribution in [0.3, 0.4) is 0 Å². The number of nitrogens with zero attached hydrogens (tertiary/aromatic N) is 3. The van der Waals surface area contributed by atoms with Crippen LogP contribution in [0.25, 0.3) is 0 Å². The lowest BCUT2D eigenvalue weighted by Gasteiger charge is -2.12. The van der Waals surface area contributed by atoms with E-state index < -0.39 is 17.8 Å². The Labute approximate surface area is 132 Å². The Morgan fingerprint density at radius 3 is 2.26 bits per heavy atom. The molecule has 1 aliphatic heterocycles. The molecule has 7 heteroatoms. The predicted octanol–water partition coefficient (Wildman–Crippen LogP) is 1.83. The molecule has 0 radical (unpaired) electrons. The zero-order valence-corrected chi connectivity index (χ0v) is 12.8. The minimum absolute atomic E-state index is 0.227. The molecule has 3 rings (SSSR count). The second-order valence-corrected chi connectivity index (χ2v) is 5.00.